The van der Waals surface area contributed by atoms with E-state index in [2.05, 4.69) is 34.3 Å². The van der Waals surface area contributed by atoms with Crippen LogP contribution in [0.25, 0.3) is 0 Å². The molecule has 1 aromatic heterocycles. The van der Waals surface area contributed by atoms with Crippen LogP contribution in [-0.4, -0.2) is 73.5 Å². The van der Waals surface area contributed by atoms with E-state index in [4.69, 9.17) is 9.41 Å². The second-order valence-electron chi connectivity index (χ2n) is 7.92. The predicted molar refractivity (Wildman–Crippen MR) is 122 cm³/mol. The molecule has 0 unspecified atom stereocenters. The Hall–Kier alpha value is -1.29. The van der Waals surface area contributed by atoms with E-state index < -0.39 is 0 Å². The number of hydrogen-bond acceptors (Lipinski definition) is 4. The lowest BCUT2D eigenvalue weighted by molar-refractivity contribution is -0.122. The van der Waals surface area contributed by atoms with E-state index in [1.807, 2.05) is 12.1 Å². The first kappa shape index (κ1) is 23.0. The van der Waals surface area contributed by atoms with Gasteiger partial charge in [-0.15, -0.1) is 24.0 Å². The van der Waals surface area contributed by atoms with Crippen LogP contribution in [0.4, 0.5) is 0 Å². The molecule has 158 valence electrons. The van der Waals surface area contributed by atoms with Gasteiger partial charge in [0, 0.05) is 51.7 Å². The summed E-state index contributed by atoms with van der Waals surface area (Å²) in [5.41, 5.74) is 0. The molecule has 0 bridgehead atoms. The first-order chi connectivity index (χ1) is 13.1. The molecule has 1 amide bonds. The third-order valence-electron chi connectivity index (χ3n) is 4.82. The summed E-state index contributed by atoms with van der Waals surface area (Å²) in [6.07, 6.45) is 4.83. The van der Waals surface area contributed by atoms with Crippen LogP contribution in [0.1, 0.15) is 32.4 Å². The number of rotatable bonds is 8. The fourth-order valence-electron chi connectivity index (χ4n) is 3.11. The Morgan fingerprint density at radius 1 is 1.29 bits per heavy atom. The highest BCUT2D eigenvalue weighted by Gasteiger charge is 2.26. The summed E-state index contributed by atoms with van der Waals surface area (Å²) in [5, 5.41) is 6.56. The minimum absolute atomic E-state index is 0. The minimum atomic E-state index is 0. The van der Waals surface area contributed by atoms with Gasteiger partial charge in [-0.3, -0.25) is 14.7 Å². The zero-order chi connectivity index (χ0) is 19.1. The largest absolute Gasteiger partial charge is 0.469 e. The van der Waals surface area contributed by atoms with Gasteiger partial charge in [-0.1, -0.05) is 13.8 Å². The van der Waals surface area contributed by atoms with Crippen LogP contribution in [0.5, 0.6) is 0 Å². The SMILES string of the molecule is CC(C)CN=C(NCCc1ccco1)N1CCN(CC(=O)NC2CC2)CC1.I. The first-order valence-corrected chi connectivity index (χ1v) is 10.2. The van der Waals surface area contributed by atoms with Crippen molar-refractivity contribution in [2.45, 2.75) is 39.2 Å². The highest BCUT2D eigenvalue weighted by molar-refractivity contribution is 14.0. The van der Waals surface area contributed by atoms with E-state index in [0.717, 1.165) is 70.3 Å². The molecule has 2 aliphatic rings. The number of aliphatic imine (C=N–C) groups is 1. The Labute approximate surface area is 185 Å². The second kappa shape index (κ2) is 11.6. The minimum Gasteiger partial charge on any atom is -0.469 e. The van der Waals surface area contributed by atoms with Crippen molar-refractivity contribution < 1.29 is 9.21 Å². The molecule has 2 N–H and O–H groups in total. The van der Waals surface area contributed by atoms with Gasteiger partial charge in [0.05, 0.1) is 12.8 Å². The van der Waals surface area contributed by atoms with Gasteiger partial charge in [-0.05, 0) is 30.9 Å². The molecule has 8 heteroatoms. The molecule has 0 aromatic carbocycles. The Bertz CT molecular complexity index is 608. The molecular weight excluding hydrogens is 469 g/mol. The summed E-state index contributed by atoms with van der Waals surface area (Å²) >= 11 is 0. The molecule has 28 heavy (non-hydrogen) atoms. The summed E-state index contributed by atoms with van der Waals surface area (Å²) in [5.74, 6) is 2.64. The van der Waals surface area contributed by atoms with Crippen molar-refractivity contribution >= 4 is 35.8 Å². The van der Waals surface area contributed by atoms with E-state index >= 15 is 0 Å². The van der Waals surface area contributed by atoms with E-state index in [-0.39, 0.29) is 29.9 Å². The summed E-state index contributed by atoms with van der Waals surface area (Å²) in [4.78, 5) is 21.3. The number of furan rings is 1. The molecule has 1 aromatic rings. The number of nitrogens with one attached hydrogen (secondary N) is 2. The molecule has 1 aliphatic heterocycles. The van der Waals surface area contributed by atoms with Crippen LogP contribution >= 0.6 is 24.0 Å². The van der Waals surface area contributed by atoms with Crippen LogP contribution < -0.4 is 10.6 Å². The first-order valence-electron chi connectivity index (χ1n) is 10.2. The molecule has 1 saturated heterocycles. The van der Waals surface area contributed by atoms with Gasteiger partial charge >= 0.3 is 0 Å². The average molecular weight is 503 g/mol. The summed E-state index contributed by atoms with van der Waals surface area (Å²) in [6.45, 7) is 10.0. The van der Waals surface area contributed by atoms with Gasteiger partial charge in [-0.25, -0.2) is 0 Å². The number of nitrogens with zero attached hydrogens (tertiary/aromatic N) is 3. The standard InChI is InChI=1S/C20H33N5O2.HI/c1-16(2)14-22-20(21-8-7-18-4-3-13-27-18)25-11-9-24(10-12-25)15-19(26)23-17-5-6-17;/h3-4,13,16-17H,5-12,14-15H2,1-2H3,(H,21,22)(H,23,26);1H. The molecule has 1 saturated carbocycles. The number of halogens is 1. The number of carbonyl (C=O) groups excluding carboxylic acids is 1. The van der Waals surface area contributed by atoms with Crippen LogP contribution in [0.2, 0.25) is 0 Å². The van der Waals surface area contributed by atoms with E-state index in [1.165, 1.54) is 0 Å². The molecule has 0 atom stereocenters. The topological polar surface area (TPSA) is 73.1 Å². The zero-order valence-electron chi connectivity index (χ0n) is 17.0. The average Bonchev–Trinajstić information content (AvgIpc) is 3.29. The molecule has 2 heterocycles. The van der Waals surface area contributed by atoms with E-state index in [9.17, 15) is 4.79 Å². The highest BCUT2D eigenvalue weighted by Crippen LogP contribution is 2.18. The van der Waals surface area contributed by atoms with Crippen molar-refractivity contribution in [2.75, 3.05) is 45.8 Å². The number of amides is 1. The molecule has 7 nitrogen and oxygen atoms in total. The van der Waals surface area contributed by atoms with Crippen LogP contribution in [0, 0.1) is 5.92 Å². The molecular formula is C20H34IN5O2. The maximum Gasteiger partial charge on any atom is 0.234 e. The van der Waals surface area contributed by atoms with Gasteiger partial charge < -0.3 is 20.0 Å². The Morgan fingerprint density at radius 2 is 2.04 bits per heavy atom. The van der Waals surface area contributed by atoms with Gasteiger partial charge in [0.1, 0.15) is 5.76 Å². The Balaban J connectivity index is 0.00000280. The van der Waals surface area contributed by atoms with Gasteiger partial charge in [0.15, 0.2) is 5.96 Å². The molecule has 3 rings (SSSR count). The van der Waals surface area contributed by atoms with Crippen LogP contribution in [0.3, 0.4) is 0 Å². The fourth-order valence-corrected chi connectivity index (χ4v) is 3.11. The zero-order valence-corrected chi connectivity index (χ0v) is 19.4. The highest BCUT2D eigenvalue weighted by atomic mass is 127. The maximum absolute atomic E-state index is 12.0. The monoisotopic (exact) mass is 503 g/mol. The van der Waals surface area contributed by atoms with Gasteiger partial charge in [0.25, 0.3) is 0 Å². The van der Waals surface area contributed by atoms with Crippen LogP contribution in [-0.2, 0) is 11.2 Å². The van der Waals surface area contributed by atoms with E-state index in [0.29, 0.717) is 18.5 Å². The second-order valence-corrected chi connectivity index (χ2v) is 7.92. The lowest BCUT2D eigenvalue weighted by Gasteiger charge is -2.36. The molecule has 0 radical (unpaired) electrons. The van der Waals surface area contributed by atoms with Crippen molar-refractivity contribution in [3.8, 4) is 0 Å². The lowest BCUT2D eigenvalue weighted by atomic mass is 10.2. The Kier molecular flexibility index (Phi) is 9.57. The summed E-state index contributed by atoms with van der Waals surface area (Å²) < 4.78 is 5.40. The van der Waals surface area contributed by atoms with Crippen molar-refractivity contribution in [1.82, 2.24) is 20.4 Å². The maximum atomic E-state index is 12.0. The Morgan fingerprint density at radius 3 is 2.64 bits per heavy atom. The number of hydrogen-bond donors (Lipinski definition) is 2. The van der Waals surface area contributed by atoms with Crippen molar-refractivity contribution in [1.29, 1.82) is 0 Å². The van der Waals surface area contributed by atoms with Crippen LogP contribution in [0.15, 0.2) is 27.8 Å². The summed E-state index contributed by atoms with van der Waals surface area (Å²) in [7, 11) is 0. The summed E-state index contributed by atoms with van der Waals surface area (Å²) in [6, 6.07) is 4.35. The van der Waals surface area contributed by atoms with Crippen molar-refractivity contribution in [2.24, 2.45) is 10.9 Å². The molecule has 1 aliphatic carbocycles. The lowest BCUT2D eigenvalue weighted by Crippen LogP contribution is -2.54. The van der Waals surface area contributed by atoms with Crippen molar-refractivity contribution in [3.05, 3.63) is 24.2 Å². The number of guanidine groups is 1. The molecule has 2 fully saturated rings. The van der Waals surface area contributed by atoms with Crippen molar-refractivity contribution in [3.63, 3.8) is 0 Å². The smallest absolute Gasteiger partial charge is 0.234 e. The van der Waals surface area contributed by atoms with Gasteiger partial charge in [-0.2, -0.15) is 0 Å². The molecule has 0 spiro atoms. The normalized spacial score (nSPS) is 18.1. The third-order valence-corrected chi connectivity index (χ3v) is 4.82. The predicted octanol–water partition coefficient (Wildman–Crippen LogP) is 1.94. The van der Waals surface area contributed by atoms with E-state index in [1.54, 1.807) is 6.26 Å². The third kappa shape index (κ3) is 7.98. The number of carbonyl (C=O) groups is 1. The van der Waals surface area contributed by atoms with Gasteiger partial charge in [0.2, 0.25) is 5.91 Å². The fraction of sp³-hybridized carbons (Fsp3) is 0.700. The quantitative estimate of drug-likeness (QED) is 0.323. The number of piperazine rings is 1.